The Balaban J connectivity index is 1.23. The van der Waals surface area contributed by atoms with E-state index in [1.165, 1.54) is 12.1 Å². The van der Waals surface area contributed by atoms with E-state index in [-0.39, 0.29) is 36.0 Å². The third-order valence-electron chi connectivity index (χ3n) is 6.46. The molecular weight excluding hydrogens is 456 g/mol. The first-order valence-corrected chi connectivity index (χ1v) is 11.3. The Morgan fingerprint density at radius 3 is 2.43 bits per heavy atom. The summed E-state index contributed by atoms with van der Waals surface area (Å²) in [6, 6.07) is 10.00. The Bertz CT molecular complexity index is 1370. The van der Waals surface area contributed by atoms with E-state index in [9.17, 15) is 24.6 Å². The van der Waals surface area contributed by atoms with Gasteiger partial charge in [-0.05, 0) is 36.8 Å². The molecule has 35 heavy (non-hydrogen) atoms. The molecule has 0 bridgehead atoms. The molecular formula is C25H24N2O8. The number of para-hydroxylation sites is 2. The molecule has 5 rings (SSSR count). The van der Waals surface area contributed by atoms with Crippen molar-refractivity contribution in [2.45, 2.75) is 19.4 Å². The van der Waals surface area contributed by atoms with E-state index in [0.29, 0.717) is 48.6 Å². The lowest BCUT2D eigenvalue weighted by molar-refractivity contribution is -0.146. The molecule has 0 aliphatic carbocycles. The van der Waals surface area contributed by atoms with Crippen molar-refractivity contribution < 1.29 is 33.7 Å². The molecule has 0 radical (unpaired) electrons. The number of carbonyl (C=O) groups excluding carboxylic acids is 2. The molecule has 2 aliphatic rings. The third kappa shape index (κ3) is 4.11. The number of rotatable bonds is 3. The number of amides is 2. The summed E-state index contributed by atoms with van der Waals surface area (Å²) in [6.45, 7) is 3.11. The van der Waals surface area contributed by atoms with Crippen LogP contribution in [0.4, 0.5) is 0 Å². The van der Waals surface area contributed by atoms with Gasteiger partial charge in [0.1, 0.15) is 6.61 Å². The Kier molecular flexibility index (Phi) is 5.72. The first-order valence-electron chi connectivity index (χ1n) is 11.3. The summed E-state index contributed by atoms with van der Waals surface area (Å²) in [6.07, 6.45) is -0.913. The Morgan fingerprint density at radius 1 is 1.00 bits per heavy atom. The Morgan fingerprint density at radius 2 is 1.69 bits per heavy atom. The molecule has 3 heterocycles. The van der Waals surface area contributed by atoms with Crippen LogP contribution in [0.3, 0.4) is 0 Å². The zero-order valence-electron chi connectivity index (χ0n) is 19.0. The van der Waals surface area contributed by atoms with Crippen LogP contribution in [0.1, 0.15) is 11.1 Å². The minimum absolute atomic E-state index is 0.118. The monoisotopic (exact) mass is 480 g/mol. The molecule has 10 nitrogen and oxygen atoms in total. The molecule has 0 saturated carbocycles. The van der Waals surface area contributed by atoms with E-state index in [1.807, 2.05) is 12.1 Å². The summed E-state index contributed by atoms with van der Waals surface area (Å²) in [5, 5.41) is 20.1. The molecule has 1 fully saturated rings. The van der Waals surface area contributed by atoms with Crippen LogP contribution >= 0.6 is 0 Å². The molecule has 2 aromatic carbocycles. The highest BCUT2D eigenvalue weighted by atomic mass is 16.6. The first kappa shape index (κ1) is 22.6. The van der Waals surface area contributed by atoms with Gasteiger partial charge in [-0.15, -0.1) is 0 Å². The number of hydrogen-bond acceptors (Lipinski definition) is 8. The number of phenols is 2. The van der Waals surface area contributed by atoms with Gasteiger partial charge in [0.15, 0.2) is 22.8 Å². The van der Waals surface area contributed by atoms with Crippen molar-refractivity contribution in [2.24, 2.45) is 0 Å². The second-order valence-electron chi connectivity index (χ2n) is 8.55. The topological polar surface area (TPSA) is 130 Å². The molecule has 0 spiro atoms. The minimum atomic E-state index is -0.743. The fourth-order valence-electron chi connectivity index (χ4n) is 4.42. The minimum Gasteiger partial charge on any atom is -0.504 e. The van der Waals surface area contributed by atoms with E-state index in [1.54, 1.807) is 28.9 Å². The lowest BCUT2D eigenvalue weighted by Crippen LogP contribution is -2.55. The van der Waals surface area contributed by atoms with Crippen molar-refractivity contribution in [3.8, 4) is 23.0 Å². The number of hydrogen-bond donors (Lipinski definition) is 2. The van der Waals surface area contributed by atoms with Crippen LogP contribution in [0.15, 0.2) is 45.6 Å². The SMILES string of the molecule is Cc1c(CC(=O)N2CCN(C(=O)[C@@H]3COc4ccccc4O3)CC2)c(=O)oc2c(O)c(O)ccc12. The molecule has 0 unspecified atom stereocenters. The summed E-state index contributed by atoms with van der Waals surface area (Å²) < 4.78 is 16.6. The predicted molar refractivity (Wildman–Crippen MR) is 124 cm³/mol. The van der Waals surface area contributed by atoms with E-state index in [2.05, 4.69) is 0 Å². The van der Waals surface area contributed by atoms with Gasteiger partial charge in [0.05, 0.1) is 12.0 Å². The summed E-state index contributed by atoms with van der Waals surface area (Å²) in [5.41, 5.74) is -0.166. The van der Waals surface area contributed by atoms with Crippen LogP contribution in [0, 0.1) is 6.92 Å². The van der Waals surface area contributed by atoms with Crippen molar-refractivity contribution in [1.29, 1.82) is 0 Å². The van der Waals surface area contributed by atoms with Gasteiger partial charge in [-0.1, -0.05) is 12.1 Å². The van der Waals surface area contributed by atoms with Crippen molar-refractivity contribution in [1.82, 2.24) is 9.80 Å². The summed E-state index contributed by atoms with van der Waals surface area (Å²) in [7, 11) is 0. The number of nitrogens with zero attached hydrogens (tertiary/aromatic N) is 2. The second kappa shape index (κ2) is 8.86. The maximum absolute atomic E-state index is 13.0. The average molecular weight is 480 g/mol. The molecule has 1 saturated heterocycles. The van der Waals surface area contributed by atoms with Crippen LogP contribution in [0.2, 0.25) is 0 Å². The van der Waals surface area contributed by atoms with Gasteiger partial charge in [-0.3, -0.25) is 9.59 Å². The highest BCUT2D eigenvalue weighted by molar-refractivity contribution is 5.89. The first-order chi connectivity index (χ1) is 16.8. The number of aryl methyl sites for hydroxylation is 1. The van der Waals surface area contributed by atoms with Crippen molar-refractivity contribution in [3.63, 3.8) is 0 Å². The quantitative estimate of drug-likeness (QED) is 0.427. The summed E-state index contributed by atoms with van der Waals surface area (Å²) in [5.74, 6) is -0.240. The molecule has 10 heteroatoms. The third-order valence-corrected chi connectivity index (χ3v) is 6.46. The van der Waals surface area contributed by atoms with Gasteiger partial charge in [0.25, 0.3) is 5.91 Å². The van der Waals surface area contributed by atoms with Crippen molar-refractivity contribution in [3.05, 3.63) is 57.9 Å². The molecule has 3 aromatic rings. The largest absolute Gasteiger partial charge is 0.504 e. The Hall–Kier alpha value is -4.21. The van der Waals surface area contributed by atoms with Crippen LogP contribution < -0.4 is 15.1 Å². The number of phenolic OH excluding ortho intramolecular Hbond substituents is 2. The van der Waals surface area contributed by atoms with Crippen molar-refractivity contribution >= 4 is 22.8 Å². The van der Waals surface area contributed by atoms with Gasteiger partial charge in [0, 0.05) is 31.6 Å². The lowest BCUT2D eigenvalue weighted by atomic mass is 10.0. The maximum Gasteiger partial charge on any atom is 0.340 e. The lowest BCUT2D eigenvalue weighted by Gasteiger charge is -2.37. The number of benzene rings is 2. The van der Waals surface area contributed by atoms with E-state index in [4.69, 9.17) is 13.9 Å². The zero-order chi connectivity index (χ0) is 24.7. The molecule has 2 N–H and O–H groups in total. The molecule has 1 aromatic heterocycles. The van der Waals surface area contributed by atoms with Crippen LogP contribution in [0.5, 0.6) is 23.0 Å². The van der Waals surface area contributed by atoms with Crippen molar-refractivity contribution in [2.75, 3.05) is 32.8 Å². The fourth-order valence-corrected chi connectivity index (χ4v) is 4.42. The summed E-state index contributed by atoms with van der Waals surface area (Å²) in [4.78, 5) is 41.7. The number of aromatic hydroxyl groups is 2. The van der Waals surface area contributed by atoms with E-state index < -0.39 is 23.2 Å². The molecule has 182 valence electrons. The molecule has 2 aliphatic heterocycles. The zero-order valence-corrected chi connectivity index (χ0v) is 19.0. The summed E-state index contributed by atoms with van der Waals surface area (Å²) >= 11 is 0. The van der Waals surface area contributed by atoms with E-state index in [0.717, 1.165) is 0 Å². The Labute approximate surface area is 199 Å². The maximum atomic E-state index is 13.0. The number of fused-ring (bicyclic) bond motifs is 2. The van der Waals surface area contributed by atoms with Gasteiger partial charge in [-0.25, -0.2) is 4.79 Å². The standard InChI is InChI=1S/C25H24N2O8/c1-14-15-6-7-17(28)22(30)23(15)35-25(32)16(14)12-21(29)26-8-10-27(11-9-26)24(31)20-13-33-18-4-2-3-5-19(18)34-20/h2-7,20,28,30H,8-13H2,1H3/t20-/m0/s1. The van der Waals surface area contributed by atoms with Crippen LogP contribution in [-0.2, 0) is 16.0 Å². The molecule has 2 amide bonds. The van der Waals surface area contributed by atoms with Crippen LogP contribution in [0.25, 0.3) is 11.0 Å². The highest BCUT2D eigenvalue weighted by Crippen LogP contribution is 2.35. The molecule has 1 atom stereocenters. The van der Waals surface area contributed by atoms with Gasteiger partial charge in [-0.2, -0.15) is 0 Å². The van der Waals surface area contributed by atoms with E-state index >= 15 is 0 Å². The number of piperazine rings is 1. The van der Waals surface area contributed by atoms with Gasteiger partial charge < -0.3 is 33.9 Å². The second-order valence-corrected chi connectivity index (χ2v) is 8.55. The smallest absolute Gasteiger partial charge is 0.340 e. The van der Waals surface area contributed by atoms with Crippen LogP contribution in [-0.4, -0.2) is 70.7 Å². The number of carbonyl (C=O) groups is 2. The number of ether oxygens (including phenoxy) is 2. The fraction of sp³-hybridized carbons (Fsp3) is 0.320. The normalized spacial score (nSPS) is 17.5. The van der Waals surface area contributed by atoms with Gasteiger partial charge in [0.2, 0.25) is 17.8 Å². The van der Waals surface area contributed by atoms with Gasteiger partial charge >= 0.3 is 5.63 Å². The average Bonchev–Trinajstić information content (AvgIpc) is 2.88. The predicted octanol–water partition coefficient (Wildman–Crippen LogP) is 1.57. The highest BCUT2D eigenvalue weighted by Gasteiger charge is 2.33.